The fraction of sp³-hybridized carbons (Fsp3) is 1.00. The number of hydrogen-bond acceptors (Lipinski definition) is 4. The quantitative estimate of drug-likeness (QED) is 0.351. The van der Waals surface area contributed by atoms with E-state index in [1.165, 1.54) is 6.42 Å². The van der Waals surface area contributed by atoms with E-state index in [4.69, 9.17) is 25.8 Å². The first-order valence-corrected chi connectivity index (χ1v) is 8.32. The number of nitrogens with one attached hydrogen (secondary N) is 1. The van der Waals surface area contributed by atoms with Gasteiger partial charge in [-0.2, -0.15) is 0 Å². The normalized spacial score (nSPS) is 12.8. The molecule has 0 aliphatic heterocycles. The van der Waals surface area contributed by atoms with Crippen molar-refractivity contribution in [1.29, 1.82) is 0 Å². The Kier molecular flexibility index (Phi) is 17.3. The van der Waals surface area contributed by atoms with Gasteiger partial charge < -0.3 is 19.5 Å². The van der Waals surface area contributed by atoms with E-state index in [-0.39, 0.29) is 5.38 Å². The lowest BCUT2D eigenvalue weighted by molar-refractivity contribution is 0.0147. The second-order valence-electron chi connectivity index (χ2n) is 4.73. The molecule has 0 saturated carbocycles. The molecule has 0 aromatic carbocycles. The fourth-order valence-corrected chi connectivity index (χ4v) is 1.63. The number of ether oxygens (including phenoxy) is 3. The highest BCUT2D eigenvalue weighted by Crippen LogP contribution is 2.04. The average Bonchev–Trinajstić information content (AvgIpc) is 2.47. The van der Waals surface area contributed by atoms with Crippen molar-refractivity contribution < 1.29 is 14.2 Å². The minimum Gasteiger partial charge on any atom is -0.379 e. The highest BCUT2D eigenvalue weighted by Gasteiger charge is 1.99. The van der Waals surface area contributed by atoms with Crippen LogP contribution in [0.15, 0.2) is 0 Å². The molecule has 0 rings (SSSR count). The molecule has 20 heavy (non-hydrogen) atoms. The van der Waals surface area contributed by atoms with Gasteiger partial charge in [-0.15, -0.1) is 11.6 Å². The van der Waals surface area contributed by atoms with Gasteiger partial charge in [0.1, 0.15) is 0 Å². The third-order valence-electron chi connectivity index (χ3n) is 2.89. The highest BCUT2D eigenvalue weighted by atomic mass is 35.5. The first-order chi connectivity index (χ1) is 9.81. The van der Waals surface area contributed by atoms with Crippen LogP contribution in [-0.4, -0.2) is 58.1 Å². The molecule has 0 aromatic rings. The van der Waals surface area contributed by atoms with Crippen LogP contribution in [0.3, 0.4) is 0 Å². The van der Waals surface area contributed by atoms with Crippen molar-refractivity contribution in [2.75, 3.05) is 52.7 Å². The molecule has 1 N–H and O–H groups in total. The van der Waals surface area contributed by atoms with E-state index >= 15 is 0 Å². The van der Waals surface area contributed by atoms with Crippen LogP contribution in [0.5, 0.6) is 0 Å². The molecule has 0 spiro atoms. The summed E-state index contributed by atoms with van der Waals surface area (Å²) in [6.07, 6.45) is 4.34. The van der Waals surface area contributed by atoms with Crippen molar-refractivity contribution in [2.24, 2.45) is 0 Å². The Morgan fingerprint density at radius 1 is 0.850 bits per heavy atom. The van der Waals surface area contributed by atoms with Crippen molar-refractivity contribution >= 4 is 11.6 Å². The van der Waals surface area contributed by atoms with Gasteiger partial charge in [0.15, 0.2) is 0 Å². The van der Waals surface area contributed by atoms with E-state index in [0.29, 0.717) is 26.4 Å². The molecule has 122 valence electrons. The molecule has 0 fully saturated rings. The maximum Gasteiger partial charge on any atom is 0.0701 e. The monoisotopic (exact) mass is 309 g/mol. The molecule has 0 radical (unpaired) electrons. The van der Waals surface area contributed by atoms with Crippen LogP contribution in [0.25, 0.3) is 0 Å². The van der Waals surface area contributed by atoms with Crippen molar-refractivity contribution in [3.63, 3.8) is 0 Å². The van der Waals surface area contributed by atoms with E-state index in [1.54, 1.807) is 0 Å². The number of halogens is 1. The number of hydrogen-bond donors (Lipinski definition) is 1. The molecule has 0 bridgehead atoms. The Labute approximate surface area is 129 Å². The Bertz CT molecular complexity index is 185. The molecule has 1 unspecified atom stereocenters. The topological polar surface area (TPSA) is 39.7 Å². The molecule has 1 atom stereocenters. The van der Waals surface area contributed by atoms with Crippen molar-refractivity contribution in [3.05, 3.63) is 0 Å². The van der Waals surface area contributed by atoms with Gasteiger partial charge in [0.25, 0.3) is 0 Å². The Morgan fingerprint density at radius 2 is 1.45 bits per heavy atom. The van der Waals surface area contributed by atoms with Crippen molar-refractivity contribution in [2.45, 2.75) is 44.9 Å². The highest BCUT2D eigenvalue weighted by molar-refractivity contribution is 6.20. The van der Waals surface area contributed by atoms with E-state index in [0.717, 1.165) is 45.6 Å². The molecule has 0 aliphatic rings. The standard InChI is InChI=1S/C15H32ClNO3/c1-3-5-9-18-11-13-20-14-12-19-10-8-17-7-6-15(16)4-2/h15,17H,3-14H2,1-2H3. The molecule has 0 aromatic heterocycles. The van der Waals surface area contributed by atoms with Gasteiger partial charge in [-0.05, 0) is 25.8 Å². The van der Waals surface area contributed by atoms with Crippen molar-refractivity contribution in [3.8, 4) is 0 Å². The maximum absolute atomic E-state index is 6.02. The second kappa shape index (κ2) is 17.2. The van der Waals surface area contributed by atoms with Gasteiger partial charge >= 0.3 is 0 Å². The molecular weight excluding hydrogens is 278 g/mol. The third kappa shape index (κ3) is 16.2. The van der Waals surface area contributed by atoms with Crippen LogP contribution >= 0.6 is 11.6 Å². The van der Waals surface area contributed by atoms with E-state index in [2.05, 4.69) is 19.2 Å². The zero-order valence-corrected chi connectivity index (χ0v) is 13.9. The summed E-state index contributed by atoms with van der Waals surface area (Å²) in [6, 6.07) is 0. The minimum atomic E-state index is 0.288. The van der Waals surface area contributed by atoms with Gasteiger partial charge in [-0.1, -0.05) is 20.3 Å². The Morgan fingerprint density at radius 3 is 2.05 bits per heavy atom. The van der Waals surface area contributed by atoms with Crippen LogP contribution in [0, 0.1) is 0 Å². The molecule has 5 heteroatoms. The summed E-state index contributed by atoms with van der Waals surface area (Å²) in [6.45, 7) is 10.3. The van der Waals surface area contributed by atoms with E-state index in [9.17, 15) is 0 Å². The van der Waals surface area contributed by atoms with Crippen molar-refractivity contribution in [1.82, 2.24) is 5.32 Å². The lowest BCUT2D eigenvalue weighted by atomic mass is 10.2. The molecule has 0 saturated heterocycles. The Hall–Kier alpha value is 0.130. The summed E-state index contributed by atoms with van der Waals surface area (Å²) in [5.74, 6) is 0. The van der Waals surface area contributed by atoms with Crippen LogP contribution < -0.4 is 5.32 Å². The van der Waals surface area contributed by atoms with Gasteiger partial charge in [-0.3, -0.25) is 0 Å². The van der Waals surface area contributed by atoms with E-state index < -0.39 is 0 Å². The molecule has 0 aliphatic carbocycles. The first kappa shape index (κ1) is 20.1. The lowest BCUT2D eigenvalue weighted by Crippen LogP contribution is -2.23. The van der Waals surface area contributed by atoms with Gasteiger partial charge in [0.05, 0.1) is 33.0 Å². The van der Waals surface area contributed by atoms with Gasteiger partial charge in [-0.25, -0.2) is 0 Å². The van der Waals surface area contributed by atoms with Gasteiger partial charge in [0, 0.05) is 18.5 Å². The minimum absolute atomic E-state index is 0.288. The third-order valence-corrected chi connectivity index (χ3v) is 3.41. The molecular formula is C15H32ClNO3. The first-order valence-electron chi connectivity index (χ1n) is 7.89. The zero-order valence-electron chi connectivity index (χ0n) is 13.2. The summed E-state index contributed by atoms with van der Waals surface area (Å²) in [5.41, 5.74) is 0. The van der Waals surface area contributed by atoms with Crippen LogP contribution in [0.1, 0.15) is 39.5 Å². The predicted octanol–water partition coefficient (Wildman–Crippen LogP) is 2.83. The SMILES string of the molecule is CCCCOCCOCCOCCNCCC(Cl)CC. The fourth-order valence-electron chi connectivity index (χ4n) is 1.52. The number of unbranched alkanes of at least 4 members (excludes halogenated alkanes) is 1. The second-order valence-corrected chi connectivity index (χ2v) is 5.35. The van der Waals surface area contributed by atoms with Crippen LogP contribution in [0.2, 0.25) is 0 Å². The summed E-state index contributed by atoms with van der Waals surface area (Å²) >= 11 is 6.02. The molecule has 0 heterocycles. The molecule has 0 amide bonds. The zero-order chi connectivity index (χ0) is 14.9. The number of alkyl halides is 1. The lowest BCUT2D eigenvalue weighted by Gasteiger charge is -2.09. The molecule has 4 nitrogen and oxygen atoms in total. The predicted molar refractivity (Wildman–Crippen MR) is 84.8 cm³/mol. The Balaban J connectivity index is 2.96. The largest absolute Gasteiger partial charge is 0.379 e. The van der Waals surface area contributed by atoms with Crippen LogP contribution in [0.4, 0.5) is 0 Å². The summed E-state index contributed by atoms with van der Waals surface area (Å²) in [4.78, 5) is 0. The number of rotatable bonds is 16. The summed E-state index contributed by atoms with van der Waals surface area (Å²) in [7, 11) is 0. The summed E-state index contributed by atoms with van der Waals surface area (Å²) in [5, 5.41) is 3.60. The van der Waals surface area contributed by atoms with Crippen LogP contribution in [-0.2, 0) is 14.2 Å². The van der Waals surface area contributed by atoms with Gasteiger partial charge in [0.2, 0.25) is 0 Å². The smallest absolute Gasteiger partial charge is 0.0701 e. The maximum atomic E-state index is 6.02. The van der Waals surface area contributed by atoms with E-state index in [1.807, 2.05) is 0 Å². The average molecular weight is 310 g/mol. The summed E-state index contributed by atoms with van der Waals surface area (Å²) < 4.78 is 16.2.